The molecule has 76 valence electrons. The highest BCUT2D eigenvalue weighted by atomic mass is 19.1. The molecular formula is C11H6F2O2. The highest BCUT2D eigenvalue weighted by molar-refractivity contribution is 6.22. The van der Waals surface area contributed by atoms with Crippen LogP contribution in [0.1, 0.15) is 11.5 Å². The molecule has 0 saturated heterocycles. The van der Waals surface area contributed by atoms with Gasteiger partial charge in [-0.25, -0.2) is 8.78 Å². The van der Waals surface area contributed by atoms with Crippen LogP contribution in [-0.2, 0) is 9.59 Å². The van der Waals surface area contributed by atoms with Crippen molar-refractivity contribution in [2.45, 2.75) is 5.92 Å². The Bertz CT molecular complexity index is 459. The normalized spacial score (nSPS) is 16.4. The first-order valence-electron chi connectivity index (χ1n) is 4.30. The molecule has 1 aliphatic carbocycles. The zero-order valence-corrected chi connectivity index (χ0v) is 7.54. The SMILES string of the molecule is O=C1C=CC(=O)C1c1ccc(F)cc1F. The lowest BCUT2D eigenvalue weighted by atomic mass is 9.94. The minimum Gasteiger partial charge on any atom is -0.294 e. The Kier molecular flexibility index (Phi) is 2.19. The predicted octanol–water partition coefficient (Wildman–Crippen LogP) is 1.76. The van der Waals surface area contributed by atoms with E-state index in [1.54, 1.807) is 0 Å². The highest BCUT2D eigenvalue weighted by Gasteiger charge is 2.31. The lowest BCUT2D eigenvalue weighted by Gasteiger charge is -2.08. The topological polar surface area (TPSA) is 34.1 Å². The molecule has 0 saturated carbocycles. The molecule has 0 aliphatic heterocycles. The average molecular weight is 208 g/mol. The zero-order valence-electron chi connectivity index (χ0n) is 7.54. The average Bonchev–Trinajstić information content (AvgIpc) is 2.48. The molecule has 0 spiro atoms. The van der Waals surface area contributed by atoms with Gasteiger partial charge in [-0.05, 0) is 18.2 Å². The quantitative estimate of drug-likeness (QED) is 0.659. The van der Waals surface area contributed by atoms with E-state index in [-0.39, 0.29) is 5.56 Å². The maximum Gasteiger partial charge on any atom is 0.171 e. The molecule has 2 nitrogen and oxygen atoms in total. The molecule has 0 amide bonds. The fourth-order valence-electron chi connectivity index (χ4n) is 1.54. The smallest absolute Gasteiger partial charge is 0.171 e. The van der Waals surface area contributed by atoms with Crippen LogP contribution in [0.2, 0.25) is 0 Å². The summed E-state index contributed by atoms with van der Waals surface area (Å²) in [6.07, 6.45) is 2.21. The minimum absolute atomic E-state index is 0.0728. The summed E-state index contributed by atoms with van der Waals surface area (Å²) < 4.78 is 25.9. The number of rotatable bonds is 1. The van der Waals surface area contributed by atoms with E-state index in [0.29, 0.717) is 6.07 Å². The minimum atomic E-state index is -1.13. The van der Waals surface area contributed by atoms with Gasteiger partial charge in [-0.3, -0.25) is 9.59 Å². The van der Waals surface area contributed by atoms with Crippen LogP contribution < -0.4 is 0 Å². The second kappa shape index (κ2) is 3.38. The molecule has 0 heterocycles. The van der Waals surface area contributed by atoms with E-state index in [4.69, 9.17) is 0 Å². The van der Waals surface area contributed by atoms with Gasteiger partial charge >= 0.3 is 0 Å². The summed E-state index contributed by atoms with van der Waals surface area (Å²) in [6, 6.07) is 2.81. The zero-order chi connectivity index (χ0) is 11.0. The highest BCUT2D eigenvalue weighted by Crippen LogP contribution is 2.26. The third-order valence-electron chi connectivity index (χ3n) is 2.25. The molecule has 0 atom stereocenters. The number of carbonyl (C=O) groups excluding carboxylic acids is 2. The Labute approximate surface area is 84.2 Å². The van der Waals surface area contributed by atoms with Crippen LogP contribution >= 0.6 is 0 Å². The molecule has 0 fully saturated rings. The molecule has 1 aromatic rings. The standard InChI is InChI=1S/C11H6F2O2/c12-6-1-2-7(8(13)5-6)11-9(14)3-4-10(11)15/h1-5,11H. The first kappa shape index (κ1) is 9.71. The first-order chi connectivity index (χ1) is 7.09. The fraction of sp³-hybridized carbons (Fsp3) is 0.0909. The van der Waals surface area contributed by atoms with Crippen LogP contribution in [0.15, 0.2) is 30.4 Å². The molecule has 0 N–H and O–H groups in total. The molecule has 0 bridgehead atoms. The molecule has 0 unspecified atom stereocenters. The number of ketones is 2. The maximum atomic E-state index is 13.3. The van der Waals surface area contributed by atoms with Crippen LogP contribution in [0.3, 0.4) is 0 Å². The predicted molar refractivity (Wildman–Crippen MR) is 48.3 cm³/mol. The molecule has 4 heteroatoms. The molecule has 1 aliphatic rings. The van der Waals surface area contributed by atoms with Gasteiger partial charge in [-0.15, -0.1) is 0 Å². The van der Waals surface area contributed by atoms with Crippen molar-refractivity contribution in [1.82, 2.24) is 0 Å². The van der Waals surface area contributed by atoms with Crippen LogP contribution in [-0.4, -0.2) is 11.6 Å². The van der Waals surface area contributed by atoms with Crippen molar-refractivity contribution in [2.75, 3.05) is 0 Å². The number of benzene rings is 1. The molecule has 1 aromatic carbocycles. The van der Waals surface area contributed by atoms with E-state index in [1.807, 2.05) is 0 Å². The van der Waals surface area contributed by atoms with E-state index in [1.165, 1.54) is 0 Å². The summed E-state index contributed by atoms with van der Waals surface area (Å²) in [5.41, 5.74) is -0.0728. The Morgan fingerprint density at radius 3 is 2.13 bits per heavy atom. The summed E-state index contributed by atoms with van der Waals surface area (Å²) in [5, 5.41) is 0. The van der Waals surface area contributed by atoms with E-state index in [9.17, 15) is 18.4 Å². The molecule has 0 aromatic heterocycles. The van der Waals surface area contributed by atoms with Gasteiger partial charge in [-0.2, -0.15) is 0 Å². The van der Waals surface area contributed by atoms with Crippen LogP contribution in [0.5, 0.6) is 0 Å². The van der Waals surface area contributed by atoms with Crippen LogP contribution in [0, 0.1) is 11.6 Å². The largest absolute Gasteiger partial charge is 0.294 e. The van der Waals surface area contributed by atoms with Crippen molar-refractivity contribution in [2.24, 2.45) is 0 Å². The fourth-order valence-corrected chi connectivity index (χ4v) is 1.54. The van der Waals surface area contributed by atoms with Crippen LogP contribution in [0.25, 0.3) is 0 Å². The van der Waals surface area contributed by atoms with Gasteiger partial charge in [0, 0.05) is 11.6 Å². The van der Waals surface area contributed by atoms with Gasteiger partial charge in [0.15, 0.2) is 11.6 Å². The summed E-state index contributed by atoms with van der Waals surface area (Å²) >= 11 is 0. The first-order valence-corrected chi connectivity index (χ1v) is 4.30. The second-order valence-electron chi connectivity index (χ2n) is 3.24. The number of carbonyl (C=O) groups is 2. The van der Waals surface area contributed by atoms with Crippen molar-refractivity contribution >= 4 is 11.6 Å². The van der Waals surface area contributed by atoms with Crippen molar-refractivity contribution in [3.63, 3.8) is 0 Å². The molecule has 0 radical (unpaired) electrons. The monoisotopic (exact) mass is 208 g/mol. The van der Waals surface area contributed by atoms with Gasteiger partial charge in [-0.1, -0.05) is 6.07 Å². The van der Waals surface area contributed by atoms with Crippen LogP contribution in [0.4, 0.5) is 8.78 Å². The number of hydrogen-bond acceptors (Lipinski definition) is 2. The molecule has 2 rings (SSSR count). The van der Waals surface area contributed by atoms with Gasteiger partial charge in [0.05, 0.1) is 0 Å². The Morgan fingerprint density at radius 1 is 1.00 bits per heavy atom. The number of hydrogen-bond donors (Lipinski definition) is 0. The Hall–Kier alpha value is -1.84. The molecular weight excluding hydrogens is 202 g/mol. The Morgan fingerprint density at radius 2 is 1.60 bits per heavy atom. The van der Waals surface area contributed by atoms with Gasteiger partial charge < -0.3 is 0 Å². The van der Waals surface area contributed by atoms with Crippen molar-refractivity contribution in [1.29, 1.82) is 0 Å². The number of halogens is 2. The van der Waals surface area contributed by atoms with Crippen molar-refractivity contribution < 1.29 is 18.4 Å². The van der Waals surface area contributed by atoms with Crippen molar-refractivity contribution in [3.8, 4) is 0 Å². The maximum absolute atomic E-state index is 13.3. The van der Waals surface area contributed by atoms with Gasteiger partial charge in [0.25, 0.3) is 0 Å². The van der Waals surface area contributed by atoms with E-state index in [2.05, 4.69) is 0 Å². The van der Waals surface area contributed by atoms with Gasteiger partial charge in [0.2, 0.25) is 0 Å². The summed E-state index contributed by atoms with van der Waals surface area (Å²) in [6.45, 7) is 0. The van der Waals surface area contributed by atoms with Gasteiger partial charge in [0.1, 0.15) is 17.6 Å². The lowest BCUT2D eigenvalue weighted by Crippen LogP contribution is -2.14. The van der Waals surface area contributed by atoms with E-state index in [0.717, 1.165) is 24.3 Å². The third-order valence-corrected chi connectivity index (χ3v) is 2.25. The van der Waals surface area contributed by atoms with Crippen molar-refractivity contribution in [3.05, 3.63) is 47.5 Å². The van der Waals surface area contributed by atoms with E-state index < -0.39 is 29.1 Å². The second-order valence-corrected chi connectivity index (χ2v) is 3.24. The Balaban J connectivity index is 2.46. The third kappa shape index (κ3) is 1.58. The molecule has 15 heavy (non-hydrogen) atoms. The summed E-state index contributed by atoms with van der Waals surface area (Å²) in [7, 11) is 0. The summed E-state index contributed by atoms with van der Waals surface area (Å²) in [5.74, 6) is -3.67. The lowest BCUT2D eigenvalue weighted by molar-refractivity contribution is -0.122. The van der Waals surface area contributed by atoms with E-state index >= 15 is 0 Å². The summed E-state index contributed by atoms with van der Waals surface area (Å²) in [4.78, 5) is 22.5. The number of allylic oxidation sites excluding steroid dienone is 2.